The first kappa shape index (κ1) is 23.0. The molecule has 0 saturated carbocycles. The molecule has 1 fully saturated rings. The third kappa shape index (κ3) is 4.62. The standard InChI is InChI=1S/C25H32N4O2S2/c1-15(2)10-18-17-12-31-25(3,4)11-16(17)20-21-22(33-23(20)28-18)24(27-14-26-21)32-13-19(30)29-8-6-5-7-9-29/h14-15H,5-13H2,1-4H3. The number of likely N-dealkylation sites (tertiary alicyclic amines) is 1. The Kier molecular flexibility index (Phi) is 6.35. The lowest BCUT2D eigenvalue weighted by molar-refractivity contribution is -0.129. The van der Waals surface area contributed by atoms with Crippen LogP contribution in [0.25, 0.3) is 20.4 Å². The SMILES string of the molecule is CC(C)Cc1nc2sc3c(SCC(=O)N4CCCCC4)ncnc3c2c2c1COC(C)(C)C2. The highest BCUT2D eigenvalue weighted by atomic mass is 32.2. The first-order valence-electron chi connectivity index (χ1n) is 11.9. The zero-order valence-electron chi connectivity index (χ0n) is 19.9. The van der Waals surface area contributed by atoms with Crippen LogP contribution >= 0.6 is 23.1 Å². The van der Waals surface area contributed by atoms with E-state index < -0.39 is 0 Å². The van der Waals surface area contributed by atoms with Crippen LogP contribution in [0, 0.1) is 5.92 Å². The molecule has 33 heavy (non-hydrogen) atoms. The van der Waals surface area contributed by atoms with Crippen LogP contribution in [0.15, 0.2) is 11.4 Å². The number of thioether (sulfide) groups is 1. The number of carbonyl (C=O) groups is 1. The average molecular weight is 485 g/mol. The number of thiophene rings is 1. The number of ether oxygens (including phenoxy) is 1. The van der Waals surface area contributed by atoms with Crippen LogP contribution in [-0.4, -0.2) is 50.2 Å². The maximum Gasteiger partial charge on any atom is 0.232 e. The van der Waals surface area contributed by atoms with Crippen LogP contribution in [-0.2, 0) is 29.0 Å². The van der Waals surface area contributed by atoms with Crippen molar-refractivity contribution in [3.8, 4) is 0 Å². The van der Waals surface area contributed by atoms with Crippen molar-refractivity contribution >= 4 is 49.4 Å². The molecular weight excluding hydrogens is 452 g/mol. The number of pyridine rings is 1. The molecule has 2 aliphatic rings. The minimum Gasteiger partial charge on any atom is -0.370 e. The minimum absolute atomic E-state index is 0.209. The van der Waals surface area contributed by atoms with Gasteiger partial charge in [-0.05, 0) is 51.0 Å². The van der Waals surface area contributed by atoms with Crippen LogP contribution < -0.4 is 0 Å². The van der Waals surface area contributed by atoms with Gasteiger partial charge in [-0.15, -0.1) is 11.3 Å². The second-order valence-corrected chi connectivity index (χ2v) is 12.2. The lowest BCUT2D eigenvalue weighted by atomic mass is 9.88. The summed E-state index contributed by atoms with van der Waals surface area (Å²) in [5, 5.41) is 2.04. The first-order valence-corrected chi connectivity index (χ1v) is 13.7. The van der Waals surface area contributed by atoms with Gasteiger partial charge in [0.2, 0.25) is 5.91 Å². The van der Waals surface area contributed by atoms with Gasteiger partial charge in [0.05, 0.1) is 28.2 Å². The van der Waals surface area contributed by atoms with E-state index in [9.17, 15) is 4.79 Å². The van der Waals surface area contributed by atoms with E-state index in [1.807, 2.05) is 4.90 Å². The summed E-state index contributed by atoms with van der Waals surface area (Å²) >= 11 is 3.20. The summed E-state index contributed by atoms with van der Waals surface area (Å²) in [7, 11) is 0. The number of aromatic nitrogens is 3. The van der Waals surface area contributed by atoms with Crippen molar-refractivity contribution in [1.29, 1.82) is 0 Å². The number of fused-ring (bicyclic) bond motifs is 5. The quantitative estimate of drug-likeness (QED) is 0.357. The molecule has 8 heteroatoms. The van der Waals surface area contributed by atoms with Crippen molar-refractivity contribution in [2.75, 3.05) is 18.8 Å². The molecule has 0 unspecified atom stereocenters. The molecule has 176 valence electrons. The van der Waals surface area contributed by atoms with Crippen molar-refractivity contribution < 1.29 is 9.53 Å². The zero-order valence-corrected chi connectivity index (χ0v) is 21.6. The lowest BCUT2D eigenvalue weighted by Gasteiger charge is -2.33. The lowest BCUT2D eigenvalue weighted by Crippen LogP contribution is -2.36. The van der Waals surface area contributed by atoms with Crippen molar-refractivity contribution in [2.24, 2.45) is 5.92 Å². The Bertz CT molecular complexity index is 1200. The van der Waals surface area contributed by atoms with Gasteiger partial charge in [0.25, 0.3) is 0 Å². The van der Waals surface area contributed by atoms with Gasteiger partial charge in [-0.3, -0.25) is 4.79 Å². The number of nitrogens with zero attached hydrogens (tertiary/aromatic N) is 4. The third-order valence-corrected chi connectivity index (χ3v) is 8.71. The number of hydrogen-bond acceptors (Lipinski definition) is 7. The Morgan fingerprint density at radius 2 is 2.00 bits per heavy atom. The molecule has 5 heterocycles. The number of amides is 1. The summed E-state index contributed by atoms with van der Waals surface area (Å²) in [6, 6.07) is 0. The molecule has 1 saturated heterocycles. The summed E-state index contributed by atoms with van der Waals surface area (Å²) in [6.07, 6.45) is 6.87. The second-order valence-electron chi connectivity index (χ2n) is 10.2. The average Bonchev–Trinajstić information content (AvgIpc) is 3.16. The van der Waals surface area contributed by atoms with E-state index in [1.54, 1.807) is 17.7 Å². The molecule has 5 rings (SSSR count). The largest absolute Gasteiger partial charge is 0.370 e. The van der Waals surface area contributed by atoms with Gasteiger partial charge in [0, 0.05) is 36.2 Å². The number of carbonyl (C=O) groups excluding carboxylic acids is 1. The van der Waals surface area contributed by atoms with Gasteiger partial charge >= 0.3 is 0 Å². The van der Waals surface area contributed by atoms with Gasteiger partial charge in [0.15, 0.2) is 0 Å². The molecule has 1 amide bonds. The fraction of sp³-hybridized carbons (Fsp3) is 0.600. The van der Waals surface area contributed by atoms with Gasteiger partial charge in [-0.2, -0.15) is 0 Å². The van der Waals surface area contributed by atoms with Gasteiger partial charge < -0.3 is 9.64 Å². The fourth-order valence-corrected chi connectivity index (χ4v) is 7.03. The van der Waals surface area contributed by atoms with E-state index in [4.69, 9.17) is 14.7 Å². The van der Waals surface area contributed by atoms with Crippen LogP contribution in [0.5, 0.6) is 0 Å². The Hall–Kier alpha value is -1.77. The van der Waals surface area contributed by atoms with E-state index in [0.717, 1.165) is 69.9 Å². The second kappa shape index (κ2) is 9.12. The van der Waals surface area contributed by atoms with Crippen LogP contribution in [0.2, 0.25) is 0 Å². The third-order valence-electron chi connectivity index (χ3n) is 6.52. The molecule has 0 bridgehead atoms. The van der Waals surface area contributed by atoms with Crippen molar-refractivity contribution in [2.45, 2.75) is 77.0 Å². The highest BCUT2D eigenvalue weighted by Gasteiger charge is 2.32. The van der Waals surface area contributed by atoms with E-state index in [-0.39, 0.29) is 11.5 Å². The van der Waals surface area contributed by atoms with Crippen molar-refractivity contribution in [3.63, 3.8) is 0 Å². The Labute approximate surface area is 203 Å². The first-order chi connectivity index (χ1) is 15.8. The van der Waals surface area contributed by atoms with Gasteiger partial charge in [-0.1, -0.05) is 25.6 Å². The van der Waals surface area contributed by atoms with Gasteiger partial charge in [0.1, 0.15) is 16.2 Å². The highest BCUT2D eigenvalue weighted by molar-refractivity contribution is 8.00. The van der Waals surface area contributed by atoms with E-state index in [1.165, 1.54) is 29.3 Å². The molecule has 0 spiro atoms. The molecule has 0 aromatic carbocycles. The normalized spacial score (nSPS) is 18.3. The van der Waals surface area contributed by atoms with Crippen molar-refractivity contribution in [1.82, 2.24) is 19.9 Å². The smallest absolute Gasteiger partial charge is 0.232 e. The van der Waals surface area contributed by atoms with Crippen LogP contribution in [0.4, 0.5) is 0 Å². The molecule has 0 radical (unpaired) electrons. The van der Waals surface area contributed by atoms with Crippen LogP contribution in [0.3, 0.4) is 0 Å². The zero-order chi connectivity index (χ0) is 23.2. The monoisotopic (exact) mass is 484 g/mol. The molecular formula is C25H32N4O2S2. The van der Waals surface area contributed by atoms with E-state index >= 15 is 0 Å². The maximum atomic E-state index is 12.7. The molecule has 3 aromatic heterocycles. The van der Waals surface area contributed by atoms with E-state index in [0.29, 0.717) is 18.3 Å². The molecule has 3 aromatic rings. The summed E-state index contributed by atoms with van der Waals surface area (Å²) < 4.78 is 7.23. The number of rotatable bonds is 5. The topological polar surface area (TPSA) is 68.2 Å². The minimum atomic E-state index is -0.212. The Morgan fingerprint density at radius 1 is 1.21 bits per heavy atom. The summed E-state index contributed by atoms with van der Waals surface area (Å²) in [5.41, 5.74) is 4.48. The van der Waals surface area contributed by atoms with Gasteiger partial charge in [-0.25, -0.2) is 15.0 Å². The summed E-state index contributed by atoms with van der Waals surface area (Å²) in [4.78, 5) is 30.1. The number of hydrogen-bond donors (Lipinski definition) is 0. The Balaban J connectivity index is 1.55. The molecule has 0 aliphatic carbocycles. The maximum absolute atomic E-state index is 12.7. The van der Waals surface area contributed by atoms with E-state index in [2.05, 4.69) is 32.7 Å². The van der Waals surface area contributed by atoms with Crippen molar-refractivity contribution in [3.05, 3.63) is 23.1 Å². The number of piperidine rings is 1. The Morgan fingerprint density at radius 3 is 2.76 bits per heavy atom. The summed E-state index contributed by atoms with van der Waals surface area (Å²) in [6.45, 7) is 11.1. The molecule has 2 aliphatic heterocycles. The molecule has 0 N–H and O–H groups in total. The highest BCUT2D eigenvalue weighted by Crippen LogP contribution is 2.43. The molecule has 6 nitrogen and oxygen atoms in total. The predicted octanol–water partition coefficient (Wildman–Crippen LogP) is 5.39. The predicted molar refractivity (Wildman–Crippen MR) is 135 cm³/mol. The van der Waals surface area contributed by atoms with Crippen LogP contribution in [0.1, 0.15) is 63.8 Å². The summed E-state index contributed by atoms with van der Waals surface area (Å²) in [5.74, 6) is 1.15. The fourth-order valence-electron chi connectivity index (χ4n) is 4.88. The molecule has 0 atom stereocenters.